The Hall–Kier alpha value is -3.93. The number of aromatic nitrogens is 2. The fourth-order valence-electron chi connectivity index (χ4n) is 5.70. The summed E-state index contributed by atoms with van der Waals surface area (Å²) in [6.45, 7) is 5.07. The van der Waals surface area contributed by atoms with Gasteiger partial charge < -0.3 is 37.2 Å². The zero-order chi connectivity index (χ0) is 28.1. The Bertz CT molecular complexity index is 1350. The van der Waals surface area contributed by atoms with Gasteiger partial charge in [0, 0.05) is 69.4 Å². The van der Waals surface area contributed by atoms with Gasteiger partial charge in [0.05, 0.1) is 28.8 Å². The summed E-state index contributed by atoms with van der Waals surface area (Å²) >= 11 is 0. The molecule has 0 unspecified atom stereocenters. The van der Waals surface area contributed by atoms with Gasteiger partial charge in [-0.05, 0) is 48.4 Å². The van der Waals surface area contributed by atoms with E-state index in [1.807, 2.05) is 24.4 Å². The summed E-state index contributed by atoms with van der Waals surface area (Å²) in [5, 5.41) is 7.31. The molecule has 2 aromatic heterocycles. The first kappa shape index (κ1) is 27.6. The van der Waals surface area contributed by atoms with E-state index in [-0.39, 0.29) is 29.6 Å². The number of fused-ring (bicyclic) bond motifs is 1. The normalized spacial score (nSPS) is 22.0. The molecule has 2 aliphatic heterocycles. The van der Waals surface area contributed by atoms with Crippen molar-refractivity contribution in [1.82, 2.24) is 26.1 Å². The number of hydrogen-bond donors (Lipinski definition) is 6. The minimum absolute atomic E-state index is 0.110. The third kappa shape index (κ3) is 6.11. The molecule has 0 saturated carbocycles. The molecule has 11 heteroatoms. The average molecular weight is 546 g/mol. The number of nitrogens with two attached hydrogens (primary N) is 2. The molecule has 40 heavy (non-hydrogen) atoms. The number of benzene rings is 1. The molecule has 1 aromatic carbocycles. The molecule has 0 spiro atoms. The number of pyridine rings is 2. The van der Waals surface area contributed by atoms with Crippen molar-refractivity contribution in [3.63, 3.8) is 0 Å². The molecule has 0 radical (unpaired) electrons. The highest BCUT2D eigenvalue weighted by Gasteiger charge is 2.33. The number of ether oxygens (including phenoxy) is 1. The number of nitrogens with one attached hydrogen (secondary N) is 4. The minimum atomic E-state index is -0.374. The molecule has 212 valence electrons. The van der Waals surface area contributed by atoms with Gasteiger partial charge in [-0.15, -0.1) is 0 Å². The van der Waals surface area contributed by atoms with Crippen LogP contribution >= 0.6 is 0 Å². The third-order valence-electron chi connectivity index (χ3n) is 7.78. The fraction of sp³-hybridized carbons (Fsp3) is 0.414. The van der Waals surface area contributed by atoms with E-state index in [1.54, 1.807) is 25.6 Å². The molecule has 3 atom stereocenters. The predicted molar refractivity (Wildman–Crippen MR) is 159 cm³/mol. The second kappa shape index (κ2) is 12.5. The zero-order valence-electron chi connectivity index (χ0n) is 23.1. The number of nitrogens with zero attached hydrogens (tertiary/aromatic N) is 3. The van der Waals surface area contributed by atoms with Crippen molar-refractivity contribution in [3.8, 4) is 0 Å². The van der Waals surface area contributed by atoms with Crippen molar-refractivity contribution in [3.05, 3.63) is 66.4 Å². The summed E-state index contributed by atoms with van der Waals surface area (Å²) in [6, 6.07) is 9.93. The molecular weight excluding hydrogens is 506 g/mol. The molecule has 8 N–H and O–H groups in total. The standard InChI is InChI=1S/C29H39N9O2/c1-18-16-38(17-23(31)27(18)34-9-10-35-32-2)26-5-8-33-15-25(26)37-29(39)28-22(30)13-21-4-3-20(14-24(21)36-28)19-6-11-40-12-7-19/h3-5,8-10,13-15,18-19,23,27,32,34-35H,6-7,11-12,16-17,30-31H2,1-2H3,(H,37,39)/b10-9-/t18-,23+,27-/m0/s1. The van der Waals surface area contributed by atoms with Crippen LogP contribution in [0.1, 0.15) is 41.7 Å². The van der Waals surface area contributed by atoms with Crippen LogP contribution in [0.2, 0.25) is 0 Å². The Kier molecular flexibility index (Phi) is 8.63. The van der Waals surface area contributed by atoms with Crippen molar-refractivity contribution < 1.29 is 9.53 Å². The number of carbonyl (C=O) groups excluding carboxylic acids is 1. The van der Waals surface area contributed by atoms with Gasteiger partial charge in [-0.25, -0.2) is 10.4 Å². The molecule has 3 aromatic rings. The van der Waals surface area contributed by atoms with Crippen LogP contribution in [0.25, 0.3) is 10.9 Å². The molecule has 2 fully saturated rings. The zero-order valence-corrected chi connectivity index (χ0v) is 23.1. The third-order valence-corrected chi connectivity index (χ3v) is 7.78. The Morgan fingerprint density at radius 3 is 2.75 bits per heavy atom. The molecular formula is C29H39N9O2. The van der Waals surface area contributed by atoms with Gasteiger partial charge >= 0.3 is 0 Å². The molecule has 2 aliphatic rings. The number of rotatable bonds is 8. The average Bonchev–Trinajstić information content (AvgIpc) is 2.96. The van der Waals surface area contributed by atoms with E-state index in [4.69, 9.17) is 21.2 Å². The smallest absolute Gasteiger partial charge is 0.276 e. The Morgan fingerprint density at radius 2 is 1.98 bits per heavy atom. The van der Waals surface area contributed by atoms with Gasteiger partial charge in [0.25, 0.3) is 5.91 Å². The first-order valence-electron chi connectivity index (χ1n) is 13.8. The van der Waals surface area contributed by atoms with E-state index in [0.29, 0.717) is 23.8 Å². The monoisotopic (exact) mass is 545 g/mol. The summed E-state index contributed by atoms with van der Waals surface area (Å²) in [6.07, 6.45) is 8.99. The van der Waals surface area contributed by atoms with Gasteiger partial charge in [-0.1, -0.05) is 19.1 Å². The van der Waals surface area contributed by atoms with Crippen LogP contribution in [0.5, 0.6) is 0 Å². The van der Waals surface area contributed by atoms with Gasteiger partial charge in [0.2, 0.25) is 0 Å². The van der Waals surface area contributed by atoms with Crippen LogP contribution in [-0.4, -0.2) is 61.3 Å². The summed E-state index contributed by atoms with van der Waals surface area (Å²) in [5.41, 5.74) is 22.6. The molecule has 11 nitrogen and oxygen atoms in total. The molecule has 4 heterocycles. The van der Waals surface area contributed by atoms with Crippen molar-refractivity contribution in [1.29, 1.82) is 0 Å². The number of carbonyl (C=O) groups is 1. The maximum atomic E-state index is 13.5. The van der Waals surface area contributed by atoms with Crippen molar-refractivity contribution >= 4 is 33.9 Å². The second-order valence-corrected chi connectivity index (χ2v) is 10.6. The van der Waals surface area contributed by atoms with Crippen molar-refractivity contribution in [2.75, 3.05) is 49.3 Å². The van der Waals surface area contributed by atoms with E-state index >= 15 is 0 Å². The highest BCUT2D eigenvalue weighted by atomic mass is 16.5. The van der Waals surface area contributed by atoms with Gasteiger partial charge in [-0.3, -0.25) is 9.78 Å². The molecule has 0 bridgehead atoms. The van der Waals surface area contributed by atoms with Crippen LogP contribution in [0.3, 0.4) is 0 Å². The Morgan fingerprint density at radius 1 is 1.15 bits per heavy atom. The molecule has 5 rings (SSSR count). The maximum absolute atomic E-state index is 13.5. The van der Waals surface area contributed by atoms with Gasteiger partial charge in [0.15, 0.2) is 5.69 Å². The highest BCUT2D eigenvalue weighted by molar-refractivity contribution is 6.09. The Balaban J connectivity index is 1.33. The predicted octanol–water partition coefficient (Wildman–Crippen LogP) is 2.30. The van der Waals surface area contributed by atoms with Crippen LogP contribution in [-0.2, 0) is 4.74 Å². The topological polar surface area (TPSA) is 155 Å². The lowest BCUT2D eigenvalue weighted by atomic mass is 9.90. The van der Waals surface area contributed by atoms with Crippen molar-refractivity contribution in [2.45, 2.75) is 37.8 Å². The van der Waals surface area contributed by atoms with Crippen molar-refractivity contribution in [2.24, 2.45) is 11.7 Å². The number of amides is 1. The number of piperidine rings is 1. The summed E-state index contributed by atoms with van der Waals surface area (Å²) in [4.78, 5) is 24.6. The SMILES string of the molecule is CNN/C=C\N[C@@H]1[C@H](N)CN(c2ccncc2NC(=O)c2nc3cc(C4CCOCC4)ccc3cc2N)C[C@@H]1C. The van der Waals surface area contributed by atoms with E-state index < -0.39 is 0 Å². The fourth-order valence-corrected chi connectivity index (χ4v) is 5.70. The lowest BCUT2D eigenvalue weighted by Gasteiger charge is -2.42. The lowest BCUT2D eigenvalue weighted by molar-refractivity contribution is 0.0853. The quantitative estimate of drug-likeness (QED) is 0.232. The first-order chi connectivity index (χ1) is 19.4. The number of hydrazine groups is 1. The van der Waals surface area contributed by atoms with E-state index in [9.17, 15) is 4.79 Å². The lowest BCUT2D eigenvalue weighted by Crippen LogP contribution is -2.60. The van der Waals surface area contributed by atoms with Crippen LogP contribution < -0.4 is 37.9 Å². The molecule has 0 aliphatic carbocycles. The number of hydrogen-bond acceptors (Lipinski definition) is 10. The largest absolute Gasteiger partial charge is 0.397 e. The van der Waals surface area contributed by atoms with Crippen LogP contribution in [0, 0.1) is 5.92 Å². The van der Waals surface area contributed by atoms with Gasteiger partial charge in [-0.2, -0.15) is 0 Å². The van der Waals surface area contributed by atoms with E-state index in [2.05, 4.69) is 50.4 Å². The maximum Gasteiger partial charge on any atom is 0.276 e. The summed E-state index contributed by atoms with van der Waals surface area (Å²) in [7, 11) is 1.80. The second-order valence-electron chi connectivity index (χ2n) is 10.6. The first-order valence-corrected chi connectivity index (χ1v) is 13.8. The Labute approximate surface area is 234 Å². The van der Waals surface area contributed by atoms with Crippen LogP contribution in [0.4, 0.5) is 17.1 Å². The minimum Gasteiger partial charge on any atom is -0.397 e. The number of nitrogen functional groups attached to an aromatic ring is 1. The number of anilines is 3. The van der Waals surface area contributed by atoms with E-state index in [1.165, 1.54) is 5.56 Å². The van der Waals surface area contributed by atoms with Gasteiger partial charge in [0.1, 0.15) is 0 Å². The summed E-state index contributed by atoms with van der Waals surface area (Å²) < 4.78 is 5.51. The van der Waals surface area contributed by atoms with E-state index in [0.717, 1.165) is 49.2 Å². The molecule has 2 saturated heterocycles. The van der Waals surface area contributed by atoms with Crippen LogP contribution in [0.15, 0.2) is 55.1 Å². The highest BCUT2D eigenvalue weighted by Crippen LogP contribution is 2.32. The molecule has 1 amide bonds. The summed E-state index contributed by atoms with van der Waals surface area (Å²) in [5.74, 6) is 0.311.